The van der Waals surface area contributed by atoms with Gasteiger partial charge in [0.2, 0.25) is 0 Å². The van der Waals surface area contributed by atoms with Crippen molar-refractivity contribution in [1.82, 2.24) is 20.2 Å². The molecule has 0 radical (unpaired) electrons. The number of urea groups is 1. The van der Waals surface area contributed by atoms with Crippen LogP contribution in [-0.2, 0) is 6.54 Å². The Morgan fingerprint density at radius 1 is 1.52 bits per heavy atom. The van der Waals surface area contributed by atoms with Gasteiger partial charge in [0.15, 0.2) is 11.6 Å². The maximum absolute atomic E-state index is 13.8. The van der Waals surface area contributed by atoms with E-state index in [1.54, 1.807) is 18.3 Å². The smallest absolute Gasteiger partial charge is 0.315 e. The van der Waals surface area contributed by atoms with Crippen molar-refractivity contribution in [3.63, 3.8) is 0 Å². The summed E-state index contributed by atoms with van der Waals surface area (Å²) in [5.74, 6) is 1.06. The number of carbonyl (C=O) groups is 1. The number of aromatic nitrogens is 2. The van der Waals surface area contributed by atoms with Crippen LogP contribution in [0.3, 0.4) is 0 Å². The van der Waals surface area contributed by atoms with Gasteiger partial charge in [-0.2, -0.15) is 0 Å². The summed E-state index contributed by atoms with van der Waals surface area (Å²) >= 11 is 0. The van der Waals surface area contributed by atoms with Crippen LogP contribution in [0.4, 0.5) is 9.18 Å². The van der Waals surface area contributed by atoms with Crippen LogP contribution in [0.5, 0.6) is 5.75 Å². The number of imidazole rings is 1. The number of ether oxygens (including phenoxy) is 1. The number of benzene rings is 1. The van der Waals surface area contributed by atoms with Crippen molar-refractivity contribution in [3.8, 4) is 5.75 Å². The van der Waals surface area contributed by atoms with Crippen LogP contribution in [0.15, 0.2) is 30.6 Å². The first kappa shape index (κ1) is 17.3. The number of hydrogen-bond donors (Lipinski definition) is 2. The van der Waals surface area contributed by atoms with Crippen molar-refractivity contribution >= 4 is 6.03 Å². The van der Waals surface area contributed by atoms with E-state index in [1.807, 2.05) is 13.1 Å². The maximum atomic E-state index is 13.8. The van der Waals surface area contributed by atoms with E-state index < -0.39 is 5.82 Å². The quantitative estimate of drug-likeness (QED) is 0.875. The molecule has 2 N–H and O–H groups in total. The molecule has 0 bridgehead atoms. The topological polar surface area (TPSA) is 68.2 Å². The average Bonchev–Trinajstić information content (AvgIpc) is 2.99. The second kappa shape index (κ2) is 7.55. The molecule has 6 nitrogen and oxygen atoms in total. The predicted molar refractivity (Wildman–Crippen MR) is 91.9 cm³/mol. The molecule has 1 aromatic carbocycles. The molecule has 1 unspecified atom stereocenters. The van der Waals surface area contributed by atoms with Crippen LogP contribution in [0, 0.1) is 18.7 Å². The predicted octanol–water partition coefficient (Wildman–Crippen LogP) is 2.79. The third kappa shape index (κ3) is 4.10. The third-order valence-corrected chi connectivity index (χ3v) is 4.37. The van der Waals surface area contributed by atoms with E-state index >= 15 is 0 Å². The Balaban J connectivity index is 1.52. The first-order chi connectivity index (χ1) is 12.0. The summed E-state index contributed by atoms with van der Waals surface area (Å²) in [5, 5.41) is 5.80. The highest BCUT2D eigenvalue weighted by Crippen LogP contribution is 2.33. The van der Waals surface area contributed by atoms with E-state index in [0.29, 0.717) is 25.1 Å². The highest BCUT2D eigenvalue weighted by Gasteiger charge is 2.25. The molecule has 0 fully saturated rings. The number of para-hydroxylation sites is 1. The second-order valence-electron chi connectivity index (χ2n) is 6.43. The normalized spacial score (nSPS) is 17.3. The van der Waals surface area contributed by atoms with Crippen LogP contribution >= 0.6 is 0 Å². The lowest BCUT2D eigenvalue weighted by molar-refractivity contribution is 0.218. The van der Waals surface area contributed by atoms with E-state index in [0.717, 1.165) is 12.4 Å². The van der Waals surface area contributed by atoms with E-state index in [1.165, 1.54) is 6.07 Å². The fraction of sp³-hybridized carbons (Fsp3) is 0.444. The van der Waals surface area contributed by atoms with Gasteiger partial charge in [0.1, 0.15) is 5.82 Å². The molecule has 0 aliphatic carbocycles. The van der Waals surface area contributed by atoms with Crippen LogP contribution in [0.25, 0.3) is 0 Å². The standard InChI is InChI=1S/C18H23FN4O2/c1-12(11-23-8-7-20-13(23)2)10-21-18(24)22-16-6-9-25-17-14(16)4-3-5-15(17)19/h3-5,7-8,12,16H,6,9-11H2,1-2H3,(H2,21,22,24)/t12?,16-/m0/s1. The average molecular weight is 346 g/mol. The zero-order chi connectivity index (χ0) is 17.8. The molecule has 0 saturated carbocycles. The number of halogens is 1. The van der Waals surface area contributed by atoms with Crippen LogP contribution < -0.4 is 15.4 Å². The highest BCUT2D eigenvalue weighted by atomic mass is 19.1. The van der Waals surface area contributed by atoms with Gasteiger partial charge in [0, 0.05) is 37.5 Å². The maximum Gasteiger partial charge on any atom is 0.315 e. The fourth-order valence-corrected chi connectivity index (χ4v) is 3.01. The lowest BCUT2D eigenvalue weighted by Gasteiger charge is -2.27. The molecule has 25 heavy (non-hydrogen) atoms. The zero-order valence-electron chi connectivity index (χ0n) is 14.5. The summed E-state index contributed by atoms with van der Waals surface area (Å²) in [7, 11) is 0. The first-order valence-electron chi connectivity index (χ1n) is 8.48. The third-order valence-electron chi connectivity index (χ3n) is 4.37. The first-order valence-corrected chi connectivity index (χ1v) is 8.48. The van der Waals surface area contributed by atoms with Crippen LogP contribution in [0.1, 0.15) is 30.8 Å². The summed E-state index contributed by atoms with van der Waals surface area (Å²) in [4.78, 5) is 16.4. The molecule has 1 aliphatic rings. The van der Waals surface area contributed by atoms with E-state index in [4.69, 9.17) is 4.74 Å². The van der Waals surface area contributed by atoms with Crippen LogP contribution in [0.2, 0.25) is 0 Å². The number of rotatable bonds is 5. The highest BCUT2D eigenvalue weighted by molar-refractivity contribution is 5.74. The lowest BCUT2D eigenvalue weighted by Crippen LogP contribution is -2.41. The van der Waals surface area contributed by atoms with Gasteiger partial charge in [-0.15, -0.1) is 0 Å². The summed E-state index contributed by atoms with van der Waals surface area (Å²) in [6.45, 7) is 5.74. The number of aryl methyl sites for hydroxylation is 1. The molecule has 2 heterocycles. The Morgan fingerprint density at radius 2 is 2.36 bits per heavy atom. The van der Waals surface area contributed by atoms with E-state index in [-0.39, 0.29) is 23.7 Å². The molecule has 2 atom stereocenters. The van der Waals surface area contributed by atoms with Gasteiger partial charge >= 0.3 is 6.03 Å². The van der Waals surface area contributed by atoms with Gasteiger partial charge < -0.3 is 19.9 Å². The summed E-state index contributed by atoms with van der Waals surface area (Å²) in [6.07, 6.45) is 4.32. The molecular weight excluding hydrogens is 323 g/mol. The number of hydrogen-bond acceptors (Lipinski definition) is 3. The fourth-order valence-electron chi connectivity index (χ4n) is 3.01. The number of nitrogens with zero attached hydrogens (tertiary/aromatic N) is 2. The number of fused-ring (bicyclic) bond motifs is 1. The molecule has 1 aromatic heterocycles. The minimum Gasteiger partial charge on any atom is -0.490 e. The van der Waals surface area contributed by atoms with Gasteiger partial charge in [-0.3, -0.25) is 0 Å². The molecule has 3 rings (SSSR count). The largest absolute Gasteiger partial charge is 0.490 e. The molecule has 0 spiro atoms. The van der Waals surface area contributed by atoms with Crippen molar-refractivity contribution in [1.29, 1.82) is 0 Å². The molecule has 7 heteroatoms. The summed E-state index contributed by atoms with van der Waals surface area (Å²) < 4.78 is 21.2. The Hall–Kier alpha value is -2.57. The zero-order valence-corrected chi connectivity index (χ0v) is 14.5. The van der Waals surface area contributed by atoms with Gasteiger partial charge in [0.05, 0.1) is 12.6 Å². The van der Waals surface area contributed by atoms with Crippen molar-refractivity contribution in [2.75, 3.05) is 13.2 Å². The van der Waals surface area contributed by atoms with Gasteiger partial charge in [-0.25, -0.2) is 14.2 Å². The lowest BCUT2D eigenvalue weighted by atomic mass is 10.0. The molecule has 2 amide bonds. The Kier molecular flexibility index (Phi) is 5.21. The van der Waals surface area contributed by atoms with E-state index in [9.17, 15) is 9.18 Å². The molecule has 134 valence electrons. The SMILES string of the molecule is Cc1nccn1CC(C)CNC(=O)N[C@H]1CCOc2c(F)cccc21. The molecular formula is C18H23FN4O2. The minimum absolute atomic E-state index is 0.239. The number of nitrogens with one attached hydrogen (secondary N) is 2. The second-order valence-corrected chi connectivity index (χ2v) is 6.43. The van der Waals surface area contributed by atoms with Gasteiger partial charge in [0.25, 0.3) is 0 Å². The van der Waals surface area contributed by atoms with Crippen molar-refractivity contribution in [2.24, 2.45) is 5.92 Å². The minimum atomic E-state index is -0.395. The number of amides is 2. The Labute approximate surface area is 146 Å². The summed E-state index contributed by atoms with van der Waals surface area (Å²) in [5.41, 5.74) is 0.684. The Morgan fingerprint density at radius 3 is 3.12 bits per heavy atom. The summed E-state index contributed by atoms with van der Waals surface area (Å²) in [6, 6.07) is 4.28. The molecule has 2 aromatic rings. The monoisotopic (exact) mass is 346 g/mol. The van der Waals surface area contributed by atoms with Crippen molar-refractivity contribution < 1.29 is 13.9 Å². The van der Waals surface area contributed by atoms with Crippen molar-refractivity contribution in [2.45, 2.75) is 32.9 Å². The number of carbonyl (C=O) groups excluding carboxylic acids is 1. The Bertz CT molecular complexity index is 746. The molecule has 1 aliphatic heterocycles. The van der Waals surface area contributed by atoms with Gasteiger partial charge in [-0.1, -0.05) is 19.1 Å². The van der Waals surface area contributed by atoms with Crippen LogP contribution in [-0.4, -0.2) is 28.7 Å². The van der Waals surface area contributed by atoms with E-state index in [2.05, 4.69) is 27.1 Å². The molecule has 0 saturated heterocycles. The van der Waals surface area contributed by atoms with Crippen molar-refractivity contribution in [3.05, 3.63) is 47.8 Å². The van der Waals surface area contributed by atoms with Gasteiger partial charge in [-0.05, 0) is 18.9 Å².